The number of halogens is 4. The molecule has 2 amide bonds. The summed E-state index contributed by atoms with van der Waals surface area (Å²) in [6, 6.07) is 10.2. The third-order valence-electron chi connectivity index (χ3n) is 7.00. The Labute approximate surface area is 238 Å². The number of hydrogen-bond acceptors (Lipinski definition) is 4. The van der Waals surface area contributed by atoms with E-state index in [1.807, 2.05) is 0 Å². The minimum atomic E-state index is -4.63. The molecule has 0 aromatic heterocycles. The summed E-state index contributed by atoms with van der Waals surface area (Å²) in [5.74, 6) is -0.644. The van der Waals surface area contributed by atoms with Crippen LogP contribution in [-0.4, -0.2) is 50.0 Å². The number of carbonyl (C=O) groups is 2. The molecule has 1 fully saturated rings. The van der Waals surface area contributed by atoms with Crippen molar-refractivity contribution < 1.29 is 31.2 Å². The Bertz CT molecular complexity index is 1270. The van der Waals surface area contributed by atoms with Crippen molar-refractivity contribution in [2.45, 2.75) is 76.7 Å². The van der Waals surface area contributed by atoms with E-state index in [0.29, 0.717) is 5.02 Å². The number of amides is 2. The number of rotatable bonds is 11. The Kier molecular flexibility index (Phi) is 10.9. The van der Waals surface area contributed by atoms with Gasteiger partial charge in [-0.15, -0.1) is 0 Å². The molecule has 0 unspecified atom stereocenters. The van der Waals surface area contributed by atoms with Gasteiger partial charge in [-0.25, -0.2) is 8.42 Å². The Morgan fingerprint density at radius 3 is 2.33 bits per heavy atom. The Morgan fingerprint density at radius 1 is 1.07 bits per heavy atom. The van der Waals surface area contributed by atoms with Crippen molar-refractivity contribution in [3.8, 4) is 0 Å². The van der Waals surface area contributed by atoms with Crippen molar-refractivity contribution in [2.24, 2.45) is 0 Å². The summed E-state index contributed by atoms with van der Waals surface area (Å²) >= 11 is 5.99. The first kappa shape index (κ1) is 31.7. The lowest BCUT2D eigenvalue weighted by molar-refractivity contribution is -0.141. The van der Waals surface area contributed by atoms with Crippen LogP contribution in [0.25, 0.3) is 0 Å². The maximum atomic E-state index is 13.4. The summed E-state index contributed by atoms with van der Waals surface area (Å²) < 4.78 is 65.4. The highest BCUT2D eigenvalue weighted by Gasteiger charge is 2.32. The number of benzene rings is 2. The van der Waals surface area contributed by atoms with E-state index in [9.17, 15) is 31.2 Å². The molecule has 40 heavy (non-hydrogen) atoms. The second kappa shape index (κ2) is 13.7. The van der Waals surface area contributed by atoms with Crippen molar-refractivity contribution in [1.29, 1.82) is 0 Å². The molecule has 1 atom stereocenters. The topological polar surface area (TPSA) is 86.8 Å². The molecule has 0 heterocycles. The quantitative estimate of drug-likeness (QED) is 0.354. The van der Waals surface area contributed by atoms with E-state index in [0.717, 1.165) is 66.4 Å². The van der Waals surface area contributed by atoms with Crippen LogP contribution in [0.3, 0.4) is 0 Å². The molecule has 0 saturated heterocycles. The highest BCUT2D eigenvalue weighted by molar-refractivity contribution is 7.92. The number of sulfonamides is 1. The molecule has 12 heteroatoms. The van der Waals surface area contributed by atoms with Crippen LogP contribution in [0.5, 0.6) is 0 Å². The van der Waals surface area contributed by atoms with Gasteiger partial charge >= 0.3 is 6.18 Å². The van der Waals surface area contributed by atoms with Gasteiger partial charge in [-0.1, -0.05) is 49.1 Å². The third-order valence-corrected chi connectivity index (χ3v) is 8.44. The SMILES string of the molecule is C[C@@H](C(=O)NC1CCCCC1)N(Cc1ccc(Cl)cc1)C(=O)CCCN(c1cccc(C(F)(F)F)c1)S(C)(=O)=O. The average Bonchev–Trinajstić information content (AvgIpc) is 2.89. The molecule has 0 aliphatic heterocycles. The van der Waals surface area contributed by atoms with E-state index >= 15 is 0 Å². The highest BCUT2D eigenvalue weighted by atomic mass is 35.5. The van der Waals surface area contributed by atoms with E-state index in [4.69, 9.17) is 11.6 Å². The Morgan fingerprint density at radius 2 is 1.73 bits per heavy atom. The van der Waals surface area contributed by atoms with Gasteiger partial charge in [-0.2, -0.15) is 13.2 Å². The molecule has 2 aromatic rings. The summed E-state index contributed by atoms with van der Waals surface area (Å²) in [7, 11) is -3.93. The lowest BCUT2D eigenvalue weighted by Gasteiger charge is -2.31. The minimum absolute atomic E-state index is 0.0379. The van der Waals surface area contributed by atoms with Gasteiger partial charge in [0.2, 0.25) is 21.8 Å². The molecule has 0 radical (unpaired) electrons. The normalized spacial score (nSPS) is 15.3. The van der Waals surface area contributed by atoms with Crippen LogP contribution in [0.1, 0.15) is 63.0 Å². The van der Waals surface area contributed by atoms with Crippen molar-refractivity contribution in [2.75, 3.05) is 17.1 Å². The molecule has 0 spiro atoms. The minimum Gasteiger partial charge on any atom is -0.352 e. The fraction of sp³-hybridized carbons (Fsp3) is 0.500. The van der Waals surface area contributed by atoms with Crippen LogP contribution in [0, 0.1) is 0 Å². The number of hydrogen-bond donors (Lipinski definition) is 1. The molecule has 2 aromatic carbocycles. The number of anilines is 1. The zero-order chi connectivity index (χ0) is 29.5. The van der Waals surface area contributed by atoms with E-state index in [2.05, 4.69) is 5.32 Å². The lowest BCUT2D eigenvalue weighted by Crippen LogP contribution is -2.50. The highest BCUT2D eigenvalue weighted by Crippen LogP contribution is 2.32. The van der Waals surface area contributed by atoms with Crippen molar-refractivity contribution in [1.82, 2.24) is 10.2 Å². The summed E-state index contributed by atoms with van der Waals surface area (Å²) in [5.41, 5.74) is -0.346. The predicted molar refractivity (Wildman–Crippen MR) is 149 cm³/mol. The fourth-order valence-corrected chi connectivity index (χ4v) is 5.86. The van der Waals surface area contributed by atoms with E-state index in [-0.39, 0.29) is 49.5 Å². The molecule has 3 rings (SSSR count). The van der Waals surface area contributed by atoms with Crippen molar-refractivity contribution >= 4 is 39.1 Å². The second-order valence-electron chi connectivity index (χ2n) is 10.2. The first-order valence-electron chi connectivity index (χ1n) is 13.2. The summed E-state index contributed by atoms with van der Waals surface area (Å²) in [6.07, 6.45) is 1.18. The molecule has 1 N–H and O–H groups in total. The standard InChI is InChI=1S/C28H35ClF3N3O4S/c1-20(27(37)33-24-9-4-3-5-10-24)34(19-21-13-15-23(29)16-14-21)26(36)12-7-17-35(40(2,38)39)25-11-6-8-22(18-25)28(30,31)32/h6,8,11,13-16,18,20,24H,3-5,7,9-10,12,17,19H2,1-2H3,(H,33,37)/t20-/m0/s1. The first-order valence-corrected chi connectivity index (χ1v) is 15.5. The van der Waals surface area contributed by atoms with E-state index in [1.165, 1.54) is 11.0 Å². The zero-order valence-electron chi connectivity index (χ0n) is 22.6. The van der Waals surface area contributed by atoms with E-state index in [1.54, 1.807) is 31.2 Å². The fourth-order valence-electron chi connectivity index (χ4n) is 4.78. The molecular formula is C28H35ClF3N3O4S. The van der Waals surface area contributed by atoms with Crippen molar-refractivity contribution in [3.63, 3.8) is 0 Å². The average molecular weight is 602 g/mol. The van der Waals surface area contributed by atoms with Gasteiger partial charge in [0.05, 0.1) is 17.5 Å². The maximum absolute atomic E-state index is 13.4. The van der Waals surface area contributed by atoms with Crippen LogP contribution in [-0.2, 0) is 32.3 Å². The molecule has 1 aliphatic rings. The van der Waals surface area contributed by atoms with Crippen LogP contribution < -0.4 is 9.62 Å². The largest absolute Gasteiger partial charge is 0.416 e. The molecular weight excluding hydrogens is 567 g/mol. The number of nitrogens with one attached hydrogen (secondary N) is 1. The molecule has 0 bridgehead atoms. The monoisotopic (exact) mass is 601 g/mol. The van der Waals surface area contributed by atoms with Crippen molar-refractivity contribution in [3.05, 3.63) is 64.7 Å². The summed E-state index contributed by atoms with van der Waals surface area (Å²) in [5, 5.41) is 3.58. The Balaban J connectivity index is 1.74. The molecule has 7 nitrogen and oxygen atoms in total. The molecule has 1 aliphatic carbocycles. The maximum Gasteiger partial charge on any atom is 0.416 e. The van der Waals surface area contributed by atoms with Gasteiger partial charge in [0.25, 0.3) is 0 Å². The lowest BCUT2D eigenvalue weighted by atomic mass is 9.95. The predicted octanol–water partition coefficient (Wildman–Crippen LogP) is 5.77. The van der Waals surface area contributed by atoms with Gasteiger partial charge in [0.15, 0.2) is 0 Å². The zero-order valence-corrected chi connectivity index (χ0v) is 24.2. The van der Waals surface area contributed by atoms with Crippen LogP contribution in [0.15, 0.2) is 48.5 Å². The first-order chi connectivity index (χ1) is 18.8. The smallest absolute Gasteiger partial charge is 0.352 e. The molecule has 1 saturated carbocycles. The molecule has 220 valence electrons. The van der Waals surface area contributed by atoms with Gasteiger partial charge in [0.1, 0.15) is 6.04 Å². The summed E-state index contributed by atoms with van der Waals surface area (Å²) in [6.45, 7) is 1.58. The van der Waals surface area contributed by atoms with Crippen LogP contribution >= 0.6 is 11.6 Å². The van der Waals surface area contributed by atoms with Gasteiger partial charge in [-0.05, 0) is 62.1 Å². The second-order valence-corrected chi connectivity index (χ2v) is 12.5. The van der Waals surface area contributed by atoms with Gasteiger partial charge in [0, 0.05) is 30.6 Å². The number of carbonyl (C=O) groups excluding carboxylic acids is 2. The summed E-state index contributed by atoms with van der Waals surface area (Å²) in [4.78, 5) is 28.0. The third kappa shape index (κ3) is 9.12. The number of alkyl halides is 3. The van der Waals surface area contributed by atoms with Crippen LogP contribution in [0.4, 0.5) is 18.9 Å². The van der Waals surface area contributed by atoms with Gasteiger partial charge in [-0.3, -0.25) is 13.9 Å². The van der Waals surface area contributed by atoms with Gasteiger partial charge < -0.3 is 10.2 Å². The van der Waals surface area contributed by atoms with Crippen LogP contribution in [0.2, 0.25) is 5.02 Å². The number of nitrogens with zero attached hydrogens (tertiary/aromatic N) is 2. The Hall–Kier alpha value is -2.79. The van der Waals surface area contributed by atoms with E-state index < -0.39 is 27.8 Å².